The van der Waals surface area contributed by atoms with Crippen molar-refractivity contribution in [2.45, 2.75) is 25.8 Å². The van der Waals surface area contributed by atoms with Crippen LogP contribution in [-0.4, -0.2) is 32.4 Å². The van der Waals surface area contributed by atoms with Crippen molar-refractivity contribution in [3.8, 4) is 0 Å². The molecule has 0 bridgehead atoms. The van der Waals surface area contributed by atoms with Crippen LogP contribution in [0.15, 0.2) is 30.6 Å². The molecule has 2 aromatic rings. The Labute approximate surface area is 123 Å². The van der Waals surface area contributed by atoms with Gasteiger partial charge in [0.05, 0.1) is 5.92 Å². The summed E-state index contributed by atoms with van der Waals surface area (Å²) in [5.74, 6) is -0.443. The topological polar surface area (TPSA) is 80.0 Å². The van der Waals surface area contributed by atoms with Crippen LogP contribution in [0.1, 0.15) is 29.8 Å². The zero-order chi connectivity index (χ0) is 15.2. The van der Waals surface area contributed by atoms with Gasteiger partial charge >= 0.3 is 5.97 Å². The molecular formula is C15H20N4O2. The minimum atomic E-state index is -0.802. The molecule has 0 saturated carbocycles. The van der Waals surface area contributed by atoms with E-state index in [1.165, 1.54) is 0 Å². The molecule has 1 aromatic carbocycles. The fraction of sp³-hybridized carbons (Fsp3) is 0.400. The predicted octanol–water partition coefficient (Wildman–Crippen LogP) is 1.34. The first-order valence-electron chi connectivity index (χ1n) is 6.93. The molecule has 1 aromatic heterocycles. The quantitative estimate of drug-likeness (QED) is 0.751. The SMILES string of the molecule is CC(C(=O)O)c1ccc(CNCCc2ncn(C)n2)cc1. The summed E-state index contributed by atoms with van der Waals surface area (Å²) < 4.78 is 1.69. The zero-order valence-corrected chi connectivity index (χ0v) is 12.3. The summed E-state index contributed by atoms with van der Waals surface area (Å²) in [7, 11) is 1.85. The van der Waals surface area contributed by atoms with Crippen molar-refractivity contribution in [1.82, 2.24) is 20.1 Å². The maximum atomic E-state index is 10.9. The van der Waals surface area contributed by atoms with E-state index < -0.39 is 11.9 Å². The highest BCUT2D eigenvalue weighted by Gasteiger charge is 2.12. The first-order chi connectivity index (χ1) is 10.1. The number of aryl methyl sites for hydroxylation is 1. The molecule has 6 heteroatoms. The number of hydrogen-bond donors (Lipinski definition) is 2. The highest BCUT2D eigenvalue weighted by molar-refractivity contribution is 5.75. The van der Waals surface area contributed by atoms with Crippen LogP contribution in [0.2, 0.25) is 0 Å². The Bertz CT molecular complexity index is 592. The first kappa shape index (κ1) is 15.2. The van der Waals surface area contributed by atoms with Gasteiger partial charge in [0.25, 0.3) is 0 Å². The monoisotopic (exact) mass is 288 g/mol. The van der Waals surface area contributed by atoms with E-state index in [9.17, 15) is 4.79 Å². The van der Waals surface area contributed by atoms with Crippen molar-refractivity contribution in [2.24, 2.45) is 7.05 Å². The van der Waals surface area contributed by atoms with Crippen molar-refractivity contribution >= 4 is 5.97 Å². The average Bonchev–Trinajstić information content (AvgIpc) is 2.89. The Morgan fingerprint density at radius 2 is 2.10 bits per heavy atom. The van der Waals surface area contributed by atoms with E-state index in [1.54, 1.807) is 17.9 Å². The van der Waals surface area contributed by atoms with Crippen molar-refractivity contribution in [3.63, 3.8) is 0 Å². The Kier molecular flexibility index (Phi) is 5.05. The number of nitrogens with one attached hydrogen (secondary N) is 1. The molecule has 112 valence electrons. The normalized spacial score (nSPS) is 12.3. The van der Waals surface area contributed by atoms with Crippen LogP contribution >= 0.6 is 0 Å². The van der Waals surface area contributed by atoms with Gasteiger partial charge in [-0.05, 0) is 18.1 Å². The third-order valence-corrected chi connectivity index (χ3v) is 3.35. The summed E-state index contributed by atoms with van der Waals surface area (Å²) >= 11 is 0. The van der Waals surface area contributed by atoms with Gasteiger partial charge in [0.15, 0.2) is 5.82 Å². The first-order valence-corrected chi connectivity index (χ1v) is 6.93. The van der Waals surface area contributed by atoms with E-state index >= 15 is 0 Å². The van der Waals surface area contributed by atoms with E-state index in [1.807, 2.05) is 31.3 Å². The molecule has 2 rings (SSSR count). The van der Waals surface area contributed by atoms with Crippen LogP contribution in [0.5, 0.6) is 0 Å². The molecule has 6 nitrogen and oxygen atoms in total. The summed E-state index contributed by atoms with van der Waals surface area (Å²) in [6, 6.07) is 7.66. The van der Waals surface area contributed by atoms with Crippen LogP contribution in [0.3, 0.4) is 0 Å². The molecule has 1 heterocycles. The van der Waals surface area contributed by atoms with E-state index in [-0.39, 0.29) is 0 Å². The van der Waals surface area contributed by atoms with Gasteiger partial charge in [-0.2, -0.15) is 5.10 Å². The van der Waals surface area contributed by atoms with Gasteiger partial charge < -0.3 is 10.4 Å². The molecular weight excluding hydrogens is 268 g/mol. The largest absolute Gasteiger partial charge is 0.481 e. The minimum absolute atomic E-state index is 0.470. The maximum absolute atomic E-state index is 10.9. The van der Waals surface area contributed by atoms with Gasteiger partial charge in [0.2, 0.25) is 0 Å². The minimum Gasteiger partial charge on any atom is -0.481 e. The Morgan fingerprint density at radius 1 is 1.38 bits per heavy atom. The summed E-state index contributed by atoms with van der Waals surface area (Å²) in [6.07, 6.45) is 2.48. The molecule has 0 aliphatic rings. The molecule has 0 amide bonds. The maximum Gasteiger partial charge on any atom is 0.310 e. The van der Waals surface area contributed by atoms with Gasteiger partial charge in [0, 0.05) is 26.6 Å². The number of hydrogen-bond acceptors (Lipinski definition) is 4. The zero-order valence-electron chi connectivity index (χ0n) is 12.3. The summed E-state index contributed by atoms with van der Waals surface area (Å²) in [5, 5.41) is 16.5. The van der Waals surface area contributed by atoms with Crippen LogP contribution in [0, 0.1) is 0 Å². The molecule has 0 spiro atoms. The smallest absolute Gasteiger partial charge is 0.310 e. The second-order valence-electron chi connectivity index (χ2n) is 5.06. The second-order valence-corrected chi connectivity index (χ2v) is 5.06. The summed E-state index contributed by atoms with van der Waals surface area (Å²) in [5.41, 5.74) is 1.95. The van der Waals surface area contributed by atoms with E-state index in [0.29, 0.717) is 0 Å². The molecule has 0 aliphatic carbocycles. The molecule has 0 fully saturated rings. The van der Waals surface area contributed by atoms with Crippen LogP contribution in [0.25, 0.3) is 0 Å². The number of rotatable bonds is 7. The molecule has 1 unspecified atom stereocenters. The lowest BCUT2D eigenvalue weighted by Gasteiger charge is -2.08. The molecule has 0 saturated heterocycles. The highest BCUT2D eigenvalue weighted by Crippen LogP contribution is 2.15. The standard InChI is InChI=1S/C15H20N4O2/c1-11(15(20)21)13-5-3-12(4-6-13)9-16-8-7-14-17-10-19(2)18-14/h3-6,10-11,16H,7-9H2,1-2H3,(H,20,21). The molecule has 0 radical (unpaired) electrons. The number of aromatic nitrogens is 3. The molecule has 21 heavy (non-hydrogen) atoms. The number of aliphatic carboxylic acids is 1. The third kappa shape index (κ3) is 4.39. The summed E-state index contributed by atoms with van der Waals surface area (Å²) in [6.45, 7) is 3.24. The Balaban J connectivity index is 1.77. The van der Waals surface area contributed by atoms with E-state index in [4.69, 9.17) is 5.11 Å². The van der Waals surface area contributed by atoms with E-state index in [2.05, 4.69) is 15.4 Å². The fourth-order valence-electron chi connectivity index (χ4n) is 2.00. The van der Waals surface area contributed by atoms with Gasteiger partial charge in [-0.25, -0.2) is 4.98 Å². The number of nitrogens with zero attached hydrogens (tertiary/aromatic N) is 3. The second kappa shape index (κ2) is 6.99. The Morgan fingerprint density at radius 3 is 2.67 bits per heavy atom. The lowest BCUT2D eigenvalue weighted by atomic mass is 10.0. The van der Waals surface area contributed by atoms with Gasteiger partial charge in [0.1, 0.15) is 6.33 Å². The van der Waals surface area contributed by atoms with Gasteiger partial charge in [-0.1, -0.05) is 24.3 Å². The number of benzene rings is 1. The van der Waals surface area contributed by atoms with E-state index in [0.717, 1.165) is 36.5 Å². The third-order valence-electron chi connectivity index (χ3n) is 3.35. The average molecular weight is 288 g/mol. The lowest BCUT2D eigenvalue weighted by Crippen LogP contribution is -2.17. The Hall–Kier alpha value is -2.21. The van der Waals surface area contributed by atoms with Crippen LogP contribution in [0.4, 0.5) is 0 Å². The van der Waals surface area contributed by atoms with Gasteiger partial charge in [-0.15, -0.1) is 0 Å². The van der Waals surface area contributed by atoms with Crippen LogP contribution < -0.4 is 5.32 Å². The molecule has 2 N–H and O–H groups in total. The fourth-order valence-corrected chi connectivity index (χ4v) is 2.00. The molecule has 1 atom stereocenters. The van der Waals surface area contributed by atoms with Gasteiger partial charge in [-0.3, -0.25) is 9.48 Å². The van der Waals surface area contributed by atoms with Crippen LogP contribution in [-0.2, 0) is 24.8 Å². The highest BCUT2D eigenvalue weighted by atomic mass is 16.4. The lowest BCUT2D eigenvalue weighted by molar-refractivity contribution is -0.138. The van der Waals surface area contributed by atoms with Crippen molar-refractivity contribution in [2.75, 3.05) is 6.54 Å². The number of carbonyl (C=O) groups is 1. The van der Waals surface area contributed by atoms with Crippen molar-refractivity contribution in [3.05, 3.63) is 47.5 Å². The number of carboxylic acid groups (broad SMARTS) is 1. The predicted molar refractivity (Wildman–Crippen MR) is 78.9 cm³/mol. The molecule has 0 aliphatic heterocycles. The number of carboxylic acids is 1. The van der Waals surface area contributed by atoms with Crippen molar-refractivity contribution < 1.29 is 9.90 Å². The summed E-state index contributed by atoms with van der Waals surface area (Å²) in [4.78, 5) is 15.1. The van der Waals surface area contributed by atoms with Crippen molar-refractivity contribution in [1.29, 1.82) is 0 Å².